The van der Waals surface area contributed by atoms with Crippen molar-refractivity contribution in [2.24, 2.45) is 5.73 Å². The molecule has 0 unspecified atom stereocenters. The number of amides is 1. The summed E-state index contributed by atoms with van der Waals surface area (Å²) in [5, 5.41) is 4.95. The molecule has 4 rings (SSSR count). The molecule has 0 atom stereocenters. The van der Waals surface area contributed by atoms with Crippen LogP contribution in [0.4, 0.5) is 5.69 Å². The Bertz CT molecular complexity index is 1030. The molecule has 0 saturated heterocycles. The molecule has 0 bridgehead atoms. The van der Waals surface area contributed by atoms with E-state index in [1.54, 1.807) is 11.3 Å². The van der Waals surface area contributed by atoms with Gasteiger partial charge in [-0.3, -0.25) is 9.20 Å². The summed E-state index contributed by atoms with van der Waals surface area (Å²) in [6.07, 6.45) is 0. The van der Waals surface area contributed by atoms with Crippen LogP contribution in [0.2, 0.25) is 0 Å². The second-order valence-electron chi connectivity index (χ2n) is 5.54. The number of carbonyl (C=O) groups is 1. The van der Waals surface area contributed by atoms with Gasteiger partial charge in [0.05, 0.1) is 10.6 Å². The van der Waals surface area contributed by atoms with E-state index in [0.29, 0.717) is 11.4 Å². The lowest BCUT2D eigenvalue weighted by Gasteiger charge is -2.05. The van der Waals surface area contributed by atoms with Gasteiger partial charge in [0.2, 0.25) is 0 Å². The number of benzene rings is 1. The number of imidazole rings is 1. The van der Waals surface area contributed by atoms with Crippen LogP contribution in [0.1, 0.15) is 21.1 Å². The molecule has 4 aromatic rings. The summed E-state index contributed by atoms with van der Waals surface area (Å²) in [5.74, 6) is -0.125. The number of nitrogens with two attached hydrogens (primary N) is 1. The monoisotopic (exact) mass is 368 g/mol. The van der Waals surface area contributed by atoms with Crippen molar-refractivity contribution in [1.29, 1.82) is 0 Å². The van der Waals surface area contributed by atoms with E-state index in [1.807, 2.05) is 59.2 Å². The molecule has 0 aliphatic carbocycles. The van der Waals surface area contributed by atoms with Crippen LogP contribution in [-0.4, -0.2) is 15.3 Å². The first-order valence-electron chi connectivity index (χ1n) is 7.80. The lowest BCUT2D eigenvalue weighted by Crippen LogP contribution is -2.12. The highest BCUT2D eigenvalue weighted by molar-refractivity contribution is 7.19. The number of aromatic nitrogens is 2. The molecule has 126 valence electrons. The second-order valence-corrected chi connectivity index (χ2v) is 7.47. The van der Waals surface area contributed by atoms with Crippen LogP contribution in [-0.2, 0) is 6.54 Å². The number of hydrogen-bond acceptors (Lipinski definition) is 5. The van der Waals surface area contributed by atoms with Crippen molar-refractivity contribution in [2.75, 3.05) is 5.32 Å². The van der Waals surface area contributed by atoms with E-state index < -0.39 is 0 Å². The Labute approximate surface area is 152 Å². The lowest BCUT2D eigenvalue weighted by atomic mass is 10.2. The van der Waals surface area contributed by atoms with Crippen molar-refractivity contribution in [3.8, 4) is 10.6 Å². The minimum atomic E-state index is -0.125. The normalized spacial score (nSPS) is 11.1. The van der Waals surface area contributed by atoms with Gasteiger partial charge < -0.3 is 11.1 Å². The molecule has 0 fully saturated rings. The minimum absolute atomic E-state index is 0.125. The van der Waals surface area contributed by atoms with Crippen LogP contribution in [0.5, 0.6) is 0 Å². The zero-order valence-electron chi connectivity index (χ0n) is 13.5. The number of nitrogens with zero attached hydrogens (tertiary/aromatic N) is 2. The van der Waals surface area contributed by atoms with E-state index in [9.17, 15) is 4.79 Å². The van der Waals surface area contributed by atoms with Gasteiger partial charge in [0.15, 0.2) is 4.96 Å². The second kappa shape index (κ2) is 6.44. The van der Waals surface area contributed by atoms with Gasteiger partial charge in [0, 0.05) is 17.9 Å². The van der Waals surface area contributed by atoms with Gasteiger partial charge in [0.1, 0.15) is 10.6 Å². The van der Waals surface area contributed by atoms with Crippen LogP contribution < -0.4 is 11.1 Å². The van der Waals surface area contributed by atoms with E-state index in [4.69, 9.17) is 10.7 Å². The van der Waals surface area contributed by atoms with Gasteiger partial charge in [-0.25, -0.2) is 4.98 Å². The van der Waals surface area contributed by atoms with E-state index in [-0.39, 0.29) is 5.91 Å². The molecular weight excluding hydrogens is 352 g/mol. The molecule has 0 aliphatic heterocycles. The fourth-order valence-corrected chi connectivity index (χ4v) is 4.61. The van der Waals surface area contributed by atoms with Crippen molar-refractivity contribution < 1.29 is 4.79 Å². The predicted octanol–water partition coefficient (Wildman–Crippen LogP) is 4.14. The van der Waals surface area contributed by atoms with Gasteiger partial charge in [-0.2, -0.15) is 0 Å². The maximum atomic E-state index is 12.6. The highest BCUT2D eigenvalue weighted by Crippen LogP contribution is 2.33. The molecule has 0 saturated carbocycles. The Morgan fingerprint density at radius 2 is 2.04 bits per heavy atom. The van der Waals surface area contributed by atoms with Gasteiger partial charge >= 0.3 is 0 Å². The number of aryl methyl sites for hydroxylation is 1. The van der Waals surface area contributed by atoms with Crippen LogP contribution in [0.3, 0.4) is 0 Å². The number of nitrogens with one attached hydrogen (secondary N) is 1. The molecular formula is C18H16N4OS2. The minimum Gasteiger partial charge on any atom is -0.325 e. The molecule has 0 radical (unpaired) electrons. The Hall–Kier alpha value is -2.48. The summed E-state index contributed by atoms with van der Waals surface area (Å²) in [4.78, 5) is 19.9. The number of anilines is 1. The van der Waals surface area contributed by atoms with Crippen molar-refractivity contribution in [1.82, 2.24) is 9.38 Å². The molecule has 3 aromatic heterocycles. The smallest absolute Gasteiger partial charge is 0.267 e. The maximum Gasteiger partial charge on any atom is 0.267 e. The molecule has 3 N–H and O–H groups in total. The molecule has 0 aliphatic rings. The fraction of sp³-hybridized carbons (Fsp3) is 0.111. The van der Waals surface area contributed by atoms with Crippen molar-refractivity contribution in [3.63, 3.8) is 0 Å². The van der Waals surface area contributed by atoms with Gasteiger partial charge in [-0.05, 0) is 30.5 Å². The number of rotatable bonds is 4. The lowest BCUT2D eigenvalue weighted by molar-refractivity contribution is 0.102. The number of fused-ring (bicyclic) bond motifs is 1. The topological polar surface area (TPSA) is 72.4 Å². The molecule has 25 heavy (non-hydrogen) atoms. The van der Waals surface area contributed by atoms with Crippen LogP contribution in [0, 0.1) is 6.92 Å². The molecule has 7 heteroatoms. The first-order chi connectivity index (χ1) is 12.2. The third-order valence-corrected chi connectivity index (χ3v) is 6.00. The summed E-state index contributed by atoms with van der Waals surface area (Å²) in [6, 6.07) is 13.5. The average molecular weight is 368 g/mol. The number of hydrogen-bond donors (Lipinski definition) is 2. The quantitative estimate of drug-likeness (QED) is 0.568. The summed E-state index contributed by atoms with van der Waals surface area (Å²) in [5.41, 5.74) is 9.47. The first kappa shape index (κ1) is 16.0. The zero-order valence-corrected chi connectivity index (χ0v) is 15.2. The van der Waals surface area contributed by atoms with E-state index in [1.165, 1.54) is 11.3 Å². The molecule has 1 aromatic carbocycles. The van der Waals surface area contributed by atoms with Gasteiger partial charge in [-0.15, -0.1) is 11.3 Å². The third kappa shape index (κ3) is 2.76. The molecule has 0 spiro atoms. The summed E-state index contributed by atoms with van der Waals surface area (Å²) >= 11 is 3.02. The van der Waals surface area contributed by atoms with Crippen LogP contribution >= 0.6 is 22.7 Å². The zero-order chi connectivity index (χ0) is 17.4. The van der Waals surface area contributed by atoms with Crippen molar-refractivity contribution >= 4 is 39.2 Å². The number of thiophene rings is 1. The Morgan fingerprint density at radius 1 is 1.24 bits per heavy atom. The largest absolute Gasteiger partial charge is 0.325 e. The Morgan fingerprint density at radius 3 is 2.72 bits per heavy atom. The maximum absolute atomic E-state index is 12.6. The van der Waals surface area contributed by atoms with Gasteiger partial charge in [-0.1, -0.05) is 35.6 Å². The molecule has 5 nitrogen and oxygen atoms in total. The number of thiazole rings is 1. The SMILES string of the molecule is Cc1c(C(=O)Nc2ccccc2)sc2nc(-c3cccs3)c(CN)n12. The van der Waals surface area contributed by atoms with Crippen molar-refractivity contribution in [2.45, 2.75) is 13.5 Å². The number of carbonyl (C=O) groups excluding carboxylic acids is 1. The number of para-hydroxylation sites is 1. The van der Waals surface area contributed by atoms with E-state index in [2.05, 4.69) is 5.32 Å². The molecule has 3 heterocycles. The van der Waals surface area contributed by atoms with E-state index >= 15 is 0 Å². The fourth-order valence-electron chi connectivity index (χ4n) is 2.83. The standard InChI is InChI=1S/C18H16N4OS2/c1-11-16(17(23)20-12-6-3-2-4-7-12)25-18-21-15(13(10-19)22(11)18)14-8-5-9-24-14/h2-9H,10,19H2,1H3,(H,20,23). The summed E-state index contributed by atoms with van der Waals surface area (Å²) in [6.45, 7) is 2.30. The van der Waals surface area contributed by atoms with Crippen molar-refractivity contribution in [3.05, 3.63) is 64.1 Å². The predicted molar refractivity (Wildman–Crippen MR) is 103 cm³/mol. The van der Waals surface area contributed by atoms with Gasteiger partial charge in [0.25, 0.3) is 5.91 Å². The highest BCUT2D eigenvalue weighted by atomic mass is 32.1. The van der Waals surface area contributed by atoms with Crippen LogP contribution in [0.15, 0.2) is 47.8 Å². The first-order valence-corrected chi connectivity index (χ1v) is 9.49. The Balaban J connectivity index is 1.76. The highest BCUT2D eigenvalue weighted by Gasteiger charge is 2.22. The summed E-state index contributed by atoms with van der Waals surface area (Å²) < 4.78 is 2.00. The Kier molecular flexibility index (Phi) is 4.12. The third-order valence-electron chi connectivity index (χ3n) is 3.99. The average Bonchev–Trinajstić information content (AvgIpc) is 3.32. The van der Waals surface area contributed by atoms with Crippen LogP contribution in [0.25, 0.3) is 15.5 Å². The molecule has 1 amide bonds. The van der Waals surface area contributed by atoms with E-state index in [0.717, 1.165) is 32.6 Å². The summed E-state index contributed by atoms with van der Waals surface area (Å²) in [7, 11) is 0.